The molecule has 50 valence electrons. The molecular weight excluding hydrogens is 128 g/mol. The normalized spacial score (nSPS) is 7.67. The van der Waals surface area contributed by atoms with Crippen molar-refractivity contribution in [1.29, 1.82) is 0 Å². The van der Waals surface area contributed by atoms with E-state index in [1.807, 2.05) is 36.4 Å². The van der Waals surface area contributed by atoms with E-state index in [4.69, 9.17) is 0 Å². The van der Waals surface area contributed by atoms with Crippen LogP contribution in [0.2, 0.25) is 0 Å². The van der Waals surface area contributed by atoms with Crippen LogP contribution >= 0.6 is 0 Å². The van der Waals surface area contributed by atoms with E-state index in [1.165, 1.54) is 0 Å². The fourth-order valence-corrected chi connectivity index (χ4v) is 0.385. The Hall–Kier alpha value is -0.603. The van der Waals surface area contributed by atoms with Gasteiger partial charge in [-0.05, 0) is 0 Å². The van der Waals surface area contributed by atoms with Crippen molar-refractivity contribution in [3.63, 3.8) is 0 Å². The van der Waals surface area contributed by atoms with Gasteiger partial charge in [0.25, 0.3) is 0 Å². The zero-order chi connectivity index (χ0) is 6.95. The van der Waals surface area contributed by atoms with Gasteiger partial charge >= 0.3 is 0 Å². The molecule has 1 aromatic carbocycles. The van der Waals surface area contributed by atoms with Gasteiger partial charge in [0.2, 0.25) is 0 Å². The van der Waals surface area contributed by atoms with E-state index in [9.17, 15) is 0 Å². The smallest absolute Gasteiger partial charge is 0.145 e. The Morgan fingerprint density at radius 1 is 0.889 bits per heavy atom. The van der Waals surface area contributed by atoms with Gasteiger partial charge in [-0.3, -0.25) is 0 Å². The van der Waals surface area contributed by atoms with Crippen molar-refractivity contribution in [2.45, 2.75) is 0 Å². The number of benzene rings is 1. The Balaban J connectivity index is 0.000000187. The van der Waals surface area contributed by atoms with E-state index in [0.29, 0.717) is 0 Å². The third kappa shape index (κ3) is 7.40. The minimum absolute atomic E-state index is 0.869. The molecule has 1 rings (SSSR count). The first kappa shape index (κ1) is 8.40. The van der Waals surface area contributed by atoms with Crippen LogP contribution in [0.25, 0.3) is 0 Å². The lowest BCUT2D eigenvalue weighted by atomic mass is 10.4. The largest absolute Gasteiger partial charge is 0.431 e. The molecule has 0 aliphatic carbocycles. The van der Waals surface area contributed by atoms with Crippen LogP contribution in [0.1, 0.15) is 0 Å². The summed E-state index contributed by atoms with van der Waals surface area (Å²) in [6.07, 6.45) is 0. The van der Waals surface area contributed by atoms with Gasteiger partial charge in [0.15, 0.2) is 0 Å². The van der Waals surface area contributed by atoms with Crippen LogP contribution in [-0.4, -0.2) is 17.6 Å². The van der Waals surface area contributed by atoms with E-state index in [0.717, 1.165) is 10.5 Å². The van der Waals surface area contributed by atoms with Crippen molar-refractivity contribution in [1.82, 2.24) is 0 Å². The Bertz CT molecular complexity index is 91.8. The molecule has 0 aliphatic rings. The molecule has 0 N–H and O–H groups in total. The van der Waals surface area contributed by atoms with E-state index < -0.39 is 0 Å². The van der Waals surface area contributed by atoms with Crippen molar-refractivity contribution in [3.8, 4) is 0 Å². The average Bonchev–Trinajstić information content (AvgIpc) is 1.93. The molecule has 0 bridgehead atoms. The molecule has 1 aromatic rings. The van der Waals surface area contributed by atoms with Crippen molar-refractivity contribution < 1.29 is 4.43 Å². The lowest BCUT2D eigenvalue weighted by Crippen LogP contribution is -1.60. The molecule has 0 saturated carbocycles. The van der Waals surface area contributed by atoms with Crippen LogP contribution in [-0.2, 0) is 4.43 Å². The SMILES string of the molecule is CO[SiH3].c1ccccc1. The molecule has 0 aliphatic heterocycles. The number of rotatable bonds is 0. The minimum atomic E-state index is 0.869. The molecule has 1 nitrogen and oxygen atoms in total. The second-order valence-corrected chi connectivity index (χ2v) is 2.38. The minimum Gasteiger partial charge on any atom is -0.431 e. The lowest BCUT2D eigenvalue weighted by molar-refractivity contribution is 0.460. The van der Waals surface area contributed by atoms with Gasteiger partial charge in [0.05, 0.1) is 0 Å². The van der Waals surface area contributed by atoms with Crippen molar-refractivity contribution in [2.24, 2.45) is 0 Å². The maximum atomic E-state index is 4.39. The van der Waals surface area contributed by atoms with Crippen molar-refractivity contribution in [3.05, 3.63) is 36.4 Å². The van der Waals surface area contributed by atoms with Gasteiger partial charge < -0.3 is 4.43 Å². The highest BCUT2D eigenvalue weighted by Crippen LogP contribution is 1.79. The summed E-state index contributed by atoms with van der Waals surface area (Å²) in [5, 5.41) is 0. The number of hydrogen-bond acceptors (Lipinski definition) is 1. The standard InChI is InChI=1S/C6H6.CH6OSi/c1-2-4-6-5-3-1;1-2-3/h1-6H;1,3H3. The Morgan fingerprint density at radius 2 is 1.00 bits per heavy atom. The highest BCUT2D eigenvalue weighted by atomic mass is 28.2. The van der Waals surface area contributed by atoms with Crippen LogP contribution in [0, 0.1) is 0 Å². The predicted molar refractivity (Wildman–Crippen MR) is 43.4 cm³/mol. The molecule has 0 amide bonds. The summed E-state index contributed by atoms with van der Waals surface area (Å²) < 4.78 is 4.39. The van der Waals surface area contributed by atoms with E-state index in [-0.39, 0.29) is 0 Å². The van der Waals surface area contributed by atoms with Crippen LogP contribution in [0.4, 0.5) is 0 Å². The average molecular weight is 140 g/mol. The maximum absolute atomic E-state index is 4.39. The molecular formula is C7H12OSi. The number of hydrogen-bond donors (Lipinski definition) is 0. The Kier molecular flexibility index (Phi) is 6.90. The summed E-state index contributed by atoms with van der Waals surface area (Å²) >= 11 is 0. The summed E-state index contributed by atoms with van der Waals surface area (Å²) in [6.45, 7) is 0. The zero-order valence-electron chi connectivity index (χ0n) is 5.87. The van der Waals surface area contributed by atoms with Gasteiger partial charge in [0, 0.05) is 7.11 Å². The zero-order valence-corrected chi connectivity index (χ0v) is 7.87. The molecule has 0 fully saturated rings. The van der Waals surface area contributed by atoms with Gasteiger partial charge in [-0.25, -0.2) is 0 Å². The van der Waals surface area contributed by atoms with Crippen LogP contribution in [0.15, 0.2) is 36.4 Å². The second kappa shape index (κ2) is 7.40. The van der Waals surface area contributed by atoms with Crippen LogP contribution < -0.4 is 0 Å². The van der Waals surface area contributed by atoms with Crippen LogP contribution in [0.3, 0.4) is 0 Å². The summed E-state index contributed by atoms with van der Waals surface area (Å²) in [5.41, 5.74) is 0. The molecule has 0 unspecified atom stereocenters. The van der Waals surface area contributed by atoms with Crippen molar-refractivity contribution in [2.75, 3.05) is 7.11 Å². The molecule has 0 saturated heterocycles. The summed E-state index contributed by atoms with van der Waals surface area (Å²) in [5.74, 6) is 0. The van der Waals surface area contributed by atoms with E-state index in [1.54, 1.807) is 7.11 Å². The molecule has 0 aromatic heterocycles. The quantitative estimate of drug-likeness (QED) is 0.480. The molecule has 2 heteroatoms. The molecule has 0 atom stereocenters. The van der Waals surface area contributed by atoms with Gasteiger partial charge in [0.1, 0.15) is 10.5 Å². The van der Waals surface area contributed by atoms with Gasteiger partial charge in [-0.15, -0.1) is 0 Å². The predicted octanol–water partition coefficient (Wildman–Crippen LogP) is 0.600. The molecule has 0 spiro atoms. The molecule has 0 heterocycles. The topological polar surface area (TPSA) is 9.23 Å². The molecule has 9 heavy (non-hydrogen) atoms. The van der Waals surface area contributed by atoms with E-state index in [2.05, 4.69) is 4.43 Å². The van der Waals surface area contributed by atoms with E-state index >= 15 is 0 Å². The Labute approximate surface area is 59.2 Å². The lowest BCUT2D eigenvalue weighted by Gasteiger charge is -1.69. The monoisotopic (exact) mass is 140 g/mol. The maximum Gasteiger partial charge on any atom is 0.145 e. The van der Waals surface area contributed by atoms with Crippen LogP contribution in [0.5, 0.6) is 0 Å². The third-order valence-electron chi connectivity index (χ3n) is 0.667. The van der Waals surface area contributed by atoms with Gasteiger partial charge in [-0.1, -0.05) is 36.4 Å². The highest BCUT2D eigenvalue weighted by molar-refractivity contribution is 5.97. The fourth-order valence-electron chi connectivity index (χ4n) is 0.385. The first-order valence-corrected chi connectivity index (χ1v) is 3.63. The summed E-state index contributed by atoms with van der Waals surface area (Å²) in [4.78, 5) is 0. The molecule has 0 radical (unpaired) electrons. The fraction of sp³-hybridized carbons (Fsp3) is 0.143. The third-order valence-corrected chi connectivity index (χ3v) is 0.667. The summed E-state index contributed by atoms with van der Waals surface area (Å²) in [7, 11) is 2.56. The first-order chi connectivity index (χ1) is 4.41. The Morgan fingerprint density at radius 3 is 1.11 bits per heavy atom. The van der Waals surface area contributed by atoms with Gasteiger partial charge in [-0.2, -0.15) is 0 Å². The first-order valence-electron chi connectivity index (χ1n) is 2.82. The highest BCUT2D eigenvalue weighted by Gasteiger charge is 1.57. The van der Waals surface area contributed by atoms with Crippen molar-refractivity contribution >= 4 is 10.5 Å². The summed E-state index contributed by atoms with van der Waals surface area (Å²) in [6, 6.07) is 12.0. The second-order valence-electron chi connectivity index (χ2n) is 1.56.